The molecule has 34 heavy (non-hydrogen) atoms. The fraction of sp³-hybridized carbons (Fsp3) is 0.308. The summed E-state index contributed by atoms with van der Waals surface area (Å²) in [6.45, 7) is 10.1. The highest BCUT2D eigenvalue weighted by atomic mass is 32.1. The Bertz CT molecular complexity index is 1370. The molecule has 1 aromatic carbocycles. The highest BCUT2D eigenvalue weighted by Crippen LogP contribution is 2.32. The monoisotopic (exact) mass is 475 g/mol. The van der Waals surface area contributed by atoms with Gasteiger partial charge < -0.3 is 10.6 Å². The van der Waals surface area contributed by atoms with E-state index in [-0.39, 0.29) is 24.4 Å². The molecule has 0 aliphatic carbocycles. The molecular formula is C26H29N5O2S. The lowest BCUT2D eigenvalue weighted by atomic mass is 10.1. The van der Waals surface area contributed by atoms with E-state index in [0.717, 1.165) is 33.8 Å². The van der Waals surface area contributed by atoms with E-state index < -0.39 is 0 Å². The van der Waals surface area contributed by atoms with Crippen molar-refractivity contribution >= 4 is 39.9 Å². The summed E-state index contributed by atoms with van der Waals surface area (Å²) in [7, 11) is 0. The number of nitrogens with zero attached hydrogens (tertiary/aromatic N) is 3. The highest BCUT2D eigenvalue weighted by molar-refractivity contribution is 7.12. The fourth-order valence-electron chi connectivity index (χ4n) is 4.01. The van der Waals surface area contributed by atoms with Crippen LogP contribution in [-0.4, -0.2) is 33.1 Å². The first-order chi connectivity index (χ1) is 16.3. The molecule has 4 rings (SSSR count). The SMILES string of the molecule is CCc1ccccc1NC(=O)CNC(=O)c1cc(-c2cc(C)sc2C)nc2c1cnn2C(C)C. The standard InChI is InChI=1S/C26H29N5O2S/c1-6-18-9-7-8-10-22(18)29-24(32)14-27-26(33)20-12-23(19-11-16(4)34-17(19)5)30-25-21(20)13-28-31(25)15(2)3/h7-13,15H,6,14H2,1-5H3,(H,27,33)(H,29,32). The summed E-state index contributed by atoms with van der Waals surface area (Å²) in [6.07, 6.45) is 2.48. The molecule has 0 aliphatic rings. The zero-order valence-corrected chi connectivity index (χ0v) is 20.9. The third kappa shape index (κ3) is 4.72. The Morgan fingerprint density at radius 2 is 1.91 bits per heavy atom. The Morgan fingerprint density at radius 3 is 2.59 bits per heavy atom. The number of hydrogen-bond donors (Lipinski definition) is 2. The summed E-state index contributed by atoms with van der Waals surface area (Å²) >= 11 is 1.70. The quantitative estimate of drug-likeness (QED) is 0.380. The first kappa shape index (κ1) is 23.6. The van der Waals surface area contributed by atoms with E-state index in [2.05, 4.69) is 35.6 Å². The Morgan fingerprint density at radius 1 is 1.15 bits per heavy atom. The van der Waals surface area contributed by atoms with Gasteiger partial charge in [0.05, 0.1) is 29.4 Å². The van der Waals surface area contributed by atoms with E-state index in [0.29, 0.717) is 16.6 Å². The van der Waals surface area contributed by atoms with Crippen molar-refractivity contribution in [2.75, 3.05) is 11.9 Å². The third-order valence-electron chi connectivity index (χ3n) is 5.70. The number of nitrogens with one attached hydrogen (secondary N) is 2. The second kappa shape index (κ2) is 9.77. The first-order valence-electron chi connectivity index (χ1n) is 11.4. The second-order valence-corrected chi connectivity index (χ2v) is 10.0. The molecule has 0 saturated carbocycles. The number of carbonyl (C=O) groups is 2. The van der Waals surface area contributed by atoms with Gasteiger partial charge in [-0.05, 0) is 57.9 Å². The minimum Gasteiger partial charge on any atom is -0.343 e. The zero-order valence-electron chi connectivity index (χ0n) is 20.1. The van der Waals surface area contributed by atoms with Crippen LogP contribution in [0.5, 0.6) is 0 Å². The largest absolute Gasteiger partial charge is 0.343 e. The van der Waals surface area contributed by atoms with Crippen molar-refractivity contribution in [1.82, 2.24) is 20.1 Å². The van der Waals surface area contributed by atoms with E-state index >= 15 is 0 Å². The number of rotatable bonds is 7. The van der Waals surface area contributed by atoms with Crippen molar-refractivity contribution in [2.45, 2.75) is 47.1 Å². The molecule has 176 valence electrons. The number of carbonyl (C=O) groups excluding carboxylic acids is 2. The van der Waals surface area contributed by atoms with Crippen LogP contribution in [0.15, 0.2) is 42.6 Å². The number of hydrogen-bond acceptors (Lipinski definition) is 5. The molecule has 2 amide bonds. The van der Waals surface area contributed by atoms with Crippen molar-refractivity contribution in [3.05, 3.63) is 63.5 Å². The van der Waals surface area contributed by atoms with Gasteiger partial charge in [-0.15, -0.1) is 11.3 Å². The normalized spacial score (nSPS) is 11.2. The van der Waals surface area contributed by atoms with E-state index in [4.69, 9.17) is 4.98 Å². The van der Waals surface area contributed by atoms with Crippen LogP contribution < -0.4 is 10.6 Å². The molecule has 0 bridgehead atoms. The van der Waals surface area contributed by atoms with Crippen LogP contribution in [0.1, 0.15) is 52.5 Å². The van der Waals surface area contributed by atoms with Gasteiger partial charge in [0.2, 0.25) is 5.91 Å². The van der Waals surface area contributed by atoms with Crippen molar-refractivity contribution < 1.29 is 9.59 Å². The lowest BCUT2D eigenvalue weighted by Crippen LogP contribution is -2.33. The summed E-state index contributed by atoms with van der Waals surface area (Å²) < 4.78 is 1.82. The van der Waals surface area contributed by atoms with Gasteiger partial charge in [-0.3, -0.25) is 9.59 Å². The Kier molecular flexibility index (Phi) is 6.79. The van der Waals surface area contributed by atoms with Crippen molar-refractivity contribution in [1.29, 1.82) is 0 Å². The van der Waals surface area contributed by atoms with Gasteiger partial charge in [-0.1, -0.05) is 25.1 Å². The van der Waals surface area contributed by atoms with Crippen LogP contribution in [-0.2, 0) is 11.2 Å². The van der Waals surface area contributed by atoms with E-state index in [9.17, 15) is 9.59 Å². The van der Waals surface area contributed by atoms with Gasteiger partial charge in [-0.2, -0.15) is 5.10 Å². The summed E-state index contributed by atoms with van der Waals surface area (Å²) in [5, 5.41) is 10.8. The van der Waals surface area contributed by atoms with Gasteiger partial charge >= 0.3 is 0 Å². The van der Waals surface area contributed by atoms with E-state index in [1.54, 1.807) is 23.6 Å². The third-order valence-corrected chi connectivity index (χ3v) is 6.67. The predicted octanol–water partition coefficient (Wildman–Crippen LogP) is 5.29. The Hall–Kier alpha value is -3.52. The average Bonchev–Trinajstić information content (AvgIpc) is 3.39. The zero-order chi connectivity index (χ0) is 24.4. The van der Waals surface area contributed by atoms with Gasteiger partial charge in [0.15, 0.2) is 5.65 Å². The smallest absolute Gasteiger partial charge is 0.252 e. The number of aromatic nitrogens is 3. The summed E-state index contributed by atoms with van der Waals surface area (Å²) in [5.74, 6) is -0.609. The molecule has 3 heterocycles. The number of benzene rings is 1. The predicted molar refractivity (Wildman–Crippen MR) is 137 cm³/mol. The topological polar surface area (TPSA) is 88.9 Å². The first-order valence-corrected chi connectivity index (χ1v) is 12.2. The van der Waals surface area contributed by atoms with Gasteiger partial charge in [0.25, 0.3) is 5.91 Å². The fourth-order valence-corrected chi connectivity index (χ4v) is 4.94. The van der Waals surface area contributed by atoms with Crippen LogP contribution in [0.3, 0.4) is 0 Å². The Labute approximate surface area is 203 Å². The number of pyridine rings is 1. The molecule has 0 radical (unpaired) electrons. The molecule has 0 unspecified atom stereocenters. The van der Waals surface area contributed by atoms with Gasteiger partial charge in [-0.25, -0.2) is 9.67 Å². The van der Waals surface area contributed by atoms with E-state index in [1.165, 1.54) is 4.88 Å². The highest BCUT2D eigenvalue weighted by Gasteiger charge is 2.20. The summed E-state index contributed by atoms with van der Waals surface area (Å²) in [6, 6.07) is 11.6. The number of fused-ring (bicyclic) bond motifs is 1. The van der Waals surface area contributed by atoms with Crippen molar-refractivity contribution in [2.24, 2.45) is 0 Å². The lowest BCUT2D eigenvalue weighted by molar-refractivity contribution is -0.115. The molecule has 0 aliphatic heterocycles. The molecule has 4 aromatic rings. The van der Waals surface area contributed by atoms with Crippen molar-refractivity contribution in [3.63, 3.8) is 0 Å². The number of amides is 2. The number of thiophene rings is 1. The molecular weight excluding hydrogens is 446 g/mol. The van der Waals surface area contributed by atoms with E-state index in [1.807, 2.05) is 49.7 Å². The lowest BCUT2D eigenvalue weighted by Gasteiger charge is -2.12. The van der Waals surface area contributed by atoms with Crippen LogP contribution in [0.2, 0.25) is 0 Å². The minimum atomic E-state index is -0.333. The molecule has 3 aromatic heterocycles. The maximum absolute atomic E-state index is 13.2. The summed E-state index contributed by atoms with van der Waals surface area (Å²) in [5.41, 5.74) is 4.65. The molecule has 0 fully saturated rings. The maximum Gasteiger partial charge on any atom is 0.252 e. The van der Waals surface area contributed by atoms with Gasteiger partial charge in [0.1, 0.15) is 0 Å². The number of para-hydroxylation sites is 1. The van der Waals surface area contributed by atoms with Crippen LogP contribution >= 0.6 is 11.3 Å². The van der Waals surface area contributed by atoms with Crippen LogP contribution in [0.25, 0.3) is 22.3 Å². The molecule has 7 nitrogen and oxygen atoms in total. The molecule has 2 N–H and O–H groups in total. The molecule has 0 spiro atoms. The summed E-state index contributed by atoms with van der Waals surface area (Å²) in [4.78, 5) is 33.0. The molecule has 0 saturated heterocycles. The van der Waals surface area contributed by atoms with Crippen molar-refractivity contribution in [3.8, 4) is 11.3 Å². The maximum atomic E-state index is 13.2. The van der Waals surface area contributed by atoms with Gasteiger partial charge in [0, 0.05) is 27.0 Å². The molecule has 8 heteroatoms. The number of aryl methyl sites for hydroxylation is 3. The average molecular weight is 476 g/mol. The van der Waals surface area contributed by atoms with Crippen LogP contribution in [0.4, 0.5) is 5.69 Å². The number of anilines is 1. The Balaban J connectivity index is 1.63. The second-order valence-electron chi connectivity index (χ2n) is 8.54. The van der Waals surface area contributed by atoms with Crippen LogP contribution in [0, 0.1) is 13.8 Å². The molecule has 0 atom stereocenters. The minimum absolute atomic E-state index is 0.0888.